The molecule has 1 saturated carbocycles. The van der Waals surface area contributed by atoms with E-state index in [0.29, 0.717) is 0 Å². The van der Waals surface area contributed by atoms with Gasteiger partial charge >= 0.3 is 0 Å². The third-order valence-electron chi connectivity index (χ3n) is 3.28. The Morgan fingerprint density at radius 1 is 0.929 bits per heavy atom. The molecular formula is C14H19. The van der Waals surface area contributed by atoms with Crippen LogP contribution in [0, 0.1) is 6.07 Å². The summed E-state index contributed by atoms with van der Waals surface area (Å²) in [7, 11) is 0. The predicted molar refractivity (Wildman–Crippen MR) is 60.3 cm³/mol. The molecule has 1 aliphatic rings. The SMILES string of the molecule is [c]1ccccc1C1CCCCCCC1. The molecule has 1 fully saturated rings. The molecule has 75 valence electrons. The molecule has 2 rings (SSSR count). The first-order chi connectivity index (χ1) is 6.97. The lowest BCUT2D eigenvalue weighted by Crippen LogP contribution is -2.02. The Balaban J connectivity index is 2.01. The summed E-state index contributed by atoms with van der Waals surface area (Å²) < 4.78 is 0. The lowest BCUT2D eigenvalue weighted by atomic mass is 9.86. The lowest BCUT2D eigenvalue weighted by Gasteiger charge is -2.19. The van der Waals surface area contributed by atoms with Crippen molar-refractivity contribution in [2.45, 2.75) is 50.9 Å². The molecule has 0 heterocycles. The van der Waals surface area contributed by atoms with E-state index < -0.39 is 0 Å². The molecule has 0 bridgehead atoms. The highest BCUT2D eigenvalue weighted by Crippen LogP contribution is 2.30. The van der Waals surface area contributed by atoms with E-state index in [9.17, 15) is 0 Å². The van der Waals surface area contributed by atoms with Crippen LogP contribution >= 0.6 is 0 Å². The Hall–Kier alpha value is -0.780. The van der Waals surface area contributed by atoms with E-state index in [1.807, 2.05) is 6.07 Å². The van der Waals surface area contributed by atoms with Crippen LogP contribution in [0.5, 0.6) is 0 Å². The van der Waals surface area contributed by atoms with Gasteiger partial charge in [-0.2, -0.15) is 0 Å². The van der Waals surface area contributed by atoms with E-state index in [-0.39, 0.29) is 0 Å². The summed E-state index contributed by atoms with van der Waals surface area (Å²) >= 11 is 0. The standard InChI is InChI=1S/C14H19/c1-2-5-9-13(10-6-3-1)14-11-7-4-8-12-14/h4,7-8,11,13H,1-3,5-6,9-10H2. The van der Waals surface area contributed by atoms with Crippen molar-refractivity contribution in [1.82, 2.24) is 0 Å². The van der Waals surface area contributed by atoms with Crippen LogP contribution in [-0.4, -0.2) is 0 Å². The van der Waals surface area contributed by atoms with Crippen molar-refractivity contribution in [2.75, 3.05) is 0 Å². The maximum Gasteiger partial charge on any atom is -0.0146 e. The Bertz CT molecular complexity index is 242. The van der Waals surface area contributed by atoms with Crippen molar-refractivity contribution in [2.24, 2.45) is 0 Å². The van der Waals surface area contributed by atoms with E-state index in [4.69, 9.17) is 0 Å². The highest BCUT2D eigenvalue weighted by molar-refractivity contribution is 5.17. The van der Waals surface area contributed by atoms with Gasteiger partial charge in [0.2, 0.25) is 0 Å². The van der Waals surface area contributed by atoms with E-state index >= 15 is 0 Å². The molecule has 0 saturated heterocycles. The van der Waals surface area contributed by atoms with Gasteiger partial charge in [0.25, 0.3) is 0 Å². The first-order valence-corrected chi connectivity index (χ1v) is 5.93. The Kier molecular flexibility index (Phi) is 3.62. The van der Waals surface area contributed by atoms with Gasteiger partial charge in [-0.15, -0.1) is 0 Å². The molecule has 0 nitrogen and oxygen atoms in total. The zero-order valence-corrected chi connectivity index (χ0v) is 8.84. The summed E-state index contributed by atoms with van der Waals surface area (Å²) in [5.74, 6) is 0.788. The van der Waals surface area contributed by atoms with Crippen LogP contribution < -0.4 is 0 Å². The van der Waals surface area contributed by atoms with Crippen molar-refractivity contribution in [1.29, 1.82) is 0 Å². The minimum absolute atomic E-state index is 0.788. The fraction of sp³-hybridized carbons (Fsp3) is 0.571. The van der Waals surface area contributed by atoms with Crippen LogP contribution in [0.2, 0.25) is 0 Å². The van der Waals surface area contributed by atoms with Gasteiger partial charge in [-0.1, -0.05) is 56.4 Å². The van der Waals surface area contributed by atoms with Crippen molar-refractivity contribution >= 4 is 0 Å². The molecule has 1 radical (unpaired) electrons. The average Bonchev–Trinajstić information content (AvgIpc) is 2.18. The van der Waals surface area contributed by atoms with Crippen LogP contribution in [0.25, 0.3) is 0 Å². The maximum atomic E-state index is 3.39. The number of benzene rings is 1. The Morgan fingerprint density at radius 3 is 2.29 bits per heavy atom. The van der Waals surface area contributed by atoms with Crippen molar-refractivity contribution < 1.29 is 0 Å². The third kappa shape index (κ3) is 2.60. The summed E-state index contributed by atoms with van der Waals surface area (Å²) in [5, 5.41) is 0. The Morgan fingerprint density at radius 2 is 1.64 bits per heavy atom. The highest BCUT2D eigenvalue weighted by Gasteiger charge is 2.12. The fourth-order valence-electron chi connectivity index (χ4n) is 2.43. The molecule has 0 atom stereocenters. The van der Waals surface area contributed by atoms with E-state index in [1.54, 1.807) is 0 Å². The van der Waals surface area contributed by atoms with Crippen LogP contribution in [-0.2, 0) is 0 Å². The van der Waals surface area contributed by atoms with Crippen LogP contribution in [0.1, 0.15) is 56.4 Å². The Labute approximate surface area is 87.3 Å². The van der Waals surface area contributed by atoms with Gasteiger partial charge in [-0.05, 0) is 30.4 Å². The molecule has 0 unspecified atom stereocenters. The second-order valence-corrected chi connectivity index (χ2v) is 4.36. The van der Waals surface area contributed by atoms with Gasteiger partial charge in [0.15, 0.2) is 0 Å². The quantitative estimate of drug-likeness (QED) is 0.614. The summed E-state index contributed by atoms with van der Waals surface area (Å²) in [5.41, 5.74) is 1.44. The molecule has 0 aromatic heterocycles. The minimum Gasteiger partial charge on any atom is -0.0619 e. The molecule has 0 heteroatoms. The van der Waals surface area contributed by atoms with E-state index in [0.717, 1.165) is 5.92 Å². The molecular weight excluding hydrogens is 168 g/mol. The summed E-state index contributed by atoms with van der Waals surface area (Å²) in [4.78, 5) is 0. The summed E-state index contributed by atoms with van der Waals surface area (Å²) in [6.07, 6.45) is 9.89. The molecule has 0 aliphatic heterocycles. The lowest BCUT2D eigenvalue weighted by molar-refractivity contribution is 0.455. The normalized spacial score (nSPS) is 20.0. The van der Waals surface area contributed by atoms with E-state index in [2.05, 4.69) is 24.3 Å². The van der Waals surface area contributed by atoms with Crippen molar-refractivity contribution in [3.63, 3.8) is 0 Å². The second-order valence-electron chi connectivity index (χ2n) is 4.36. The molecule has 1 aromatic rings. The smallest absolute Gasteiger partial charge is 0.0146 e. The molecule has 1 aliphatic carbocycles. The van der Waals surface area contributed by atoms with Gasteiger partial charge in [-0.3, -0.25) is 0 Å². The van der Waals surface area contributed by atoms with Crippen LogP contribution in [0.4, 0.5) is 0 Å². The molecule has 0 N–H and O–H groups in total. The van der Waals surface area contributed by atoms with Crippen LogP contribution in [0.15, 0.2) is 24.3 Å². The second kappa shape index (κ2) is 5.19. The number of hydrogen-bond donors (Lipinski definition) is 0. The summed E-state index contributed by atoms with van der Waals surface area (Å²) in [6.45, 7) is 0. The largest absolute Gasteiger partial charge is 0.0619 e. The van der Waals surface area contributed by atoms with E-state index in [1.165, 1.54) is 50.5 Å². The highest BCUT2D eigenvalue weighted by atomic mass is 14.2. The molecule has 1 aromatic carbocycles. The monoisotopic (exact) mass is 187 g/mol. The first kappa shape index (κ1) is 9.76. The number of hydrogen-bond acceptors (Lipinski definition) is 0. The van der Waals surface area contributed by atoms with Crippen molar-refractivity contribution in [3.8, 4) is 0 Å². The fourth-order valence-corrected chi connectivity index (χ4v) is 2.43. The first-order valence-electron chi connectivity index (χ1n) is 5.93. The molecule has 0 amide bonds. The van der Waals surface area contributed by atoms with Gasteiger partial charge in [0.1, 0.15) is 0 Å². The maximum absolute atomic E-state index is 3.39. The topological polar surface area (TPSA) is 0 Å². The van der Waals surface area contributed by atoms with Gasteiger partial charge in [0, 0.05) is 0 Å². The van der Waals surface area contributed by atoms with Crippen LogP contribution in [0.3, 0.4) is 0 Å². The van der Waals surface area contributed by atoms with Crippen molar-refractivity contribution in [3.05, 3.63) is 35.9 Å². The van der Waals surface area contributed by atoms with Gasteiger partial charge in [0.05, 0.1) is 0 Å². The average molecular weight is 187 g/mol. The van der Waals surface area contributed by atoms with Gasteiger partial charge < -0.3 is 0 Å². The predicted octanol–water partition coefficient (Wildman–Crippen LogP) is 4.31. The number of rotatable bonds is 1. The summed E-state index contributed by atoms with van der Waals surface area (Å²) in [6, 6.07) is 11.9. The molecule has 14 heavy (non-hydrogen) atoms. The zero-order valence-electron chi connectivity index (χ0n) is 8.84. The minimum atomic E-state index is 0.788. The third-order valence-corrected chi connectivity index (χ3v) is 3.28. The molecule has 0 spiro atoms. The zero-order chi connectivity index (χ0) is 9.64. The van der Waals surface area contributed by atoms with Gasteiger partial charge in [-0.25, -0.2) is 0 Å².